The Kier molecular flexibility index (Phi) is 11.7. The summed E-state index contributed by atoms with van der Waals surface area (Å²) in [4.78, 5) is 40.2. The molecule has 2 atom stereocenters. The third-order valence-electron chi connectivity index (χ3n) is 6.84. The topological polar surface area (TPSA) is 139 Å². The number of carbonyl (C=O) groups excluding carboxylic acids is 2. The van der Waals surface area contributed by atoms with Gasteiger partial charge in [0.25, 0.3) is 5.69 Å². The fourth-order valence-electron chi connectivity index (χ4n) is 4.41. The second-order valence-corrected chi connectivity index (χ2v) is 12.9. The Balaban J connectivity index is 2.13. The minimum Gasteiger partial charge on any atom is -0.495 e. The van der Waals surface area contributed by atoms with Crippen molar-refractivity contribution < 1.29 is 27.7 Å². The molecular weight excluding hydrogens is 640 g/mol. The maximum absolute atomic E-state index is 14.2. The molecule has 0 saturated carbocycles. The van der Waals surface area contributed by atoms with E-state index in [4.69, 9.17) is 4.74 Å². The lowest BCUT2D eigenvalue weighted by atomic mass is 10.0. The molecule has 43 heavy (non-hydrogen) atoms. The zero-order valence-electron chi connectivity index (χ0n) is 24.4. The van der Waals surface area contributed by atoms with E-state index in [1.165, 1.54) is 24.1 Å². The van der Waals surface area contributed by atoms with Gasteiger partial charge in [0.2, 0.25) is 21.8 Å². The number of benzene rings is 3. The van der Waals surface area contributed by atoms with Gasteiger partial charge >= 0.3 is 0 Å². The van der Waals surface area contributed by atoms with Crippen LogP contribution >= 0.6 is 15.9 Å². The zero-order valence-corrected chi connectivity index (χ0v) is 26.8. The van der Waals surface area contributed by atoms with Crippen LogP contribution in [0.5, 0.6) is 5.75 Å². The Hall–Kier alpha value is -3.97. The molecule has 11 nitrogen and oxygen atoms in total. The number of nitro benzene ring substituents is 1. The van der Waals surface area contributed by atoms with Crippen LogP contribution < -0.4 is 14.4 Å². The molecule has 3 aromatic carbocycles. The van der Waals surface area contributed by atoms with E-state index in [0.717, 1.165) is 26.7 Å². The first-order chi connectivity index (χ1) is 20.3. The van der Waals surface area contributed by atoms with Crippen molar-refractivity contribution in [3.63, 3.8) is 0 Å². The SMILES string of the molecule is CC[C@H](C)NC(=O)[C@@H](Cc1ccccc1)N(Cc1cccc(Br)c1)C(=O)CN(c1cc([N+](=O)[O-])ccc1OC)S(C)(=O)=O. The Bertz CT molecular complexity index is 1550. The molecule has 0 aliphatic carbocycles. The van der Waals surface area contributed by atoms with Crippen LogP contribution in [0.4, 0.5) is 11.4 Å². The van der Waals surface area contributed by atoms with Crippen molar-refractivity contribution in [1.82, 2.24) is 10.2 Å². The predicted octanol–water partition coefficient (Wildman–Crippen LogP) is 4.69. The lowest BCUT2D eigenvalue weighted by molar-refractivity contribution is -0.384. The number of anilines is 1. The summed E-state index contributed by atoms with van der Waals surface area (Å²) in [7, 11) is -2.86. The minimum absolute atomic E-state index is 0.00657. The highest BCUT2D eigenvalue weighted by atomic mass is 79.9. The molecule has 0 saturated heterocycles. The summed E-state index contributed by atoms with van der Waals surface area (Å²) < 4.78 is 33.0. The van der Waals surface area contributed by atoms with Crippen LogP contribution in [0.15, 0.2) is 77.3 Å². The first kappa shape index (κ1) is 33.5. The number of sulfonamides is 1. The quantitative estimate of drug-likeness (QED) is 0.193. The molecule has 0 bridgehead atoms. The second kappa shape index (κ2) is 15.0. The third kappa shape index (κ3) is 9.26. The number of methoxy groups -OCH3 is 1. The molecule has 3 rings (SSSR count). The standard InChI is InChI=1S/C30H35BrN4O7S/c1-5-21(2)32-30(37)27(17-22-10-7-6-8-11-22)33(19-23-12-9-13-24(31)16-23)29(36)20-34(43(4,40)41)26-18-25(35(38)39)14-15-28(26)42-3/h6-16,18,21,27H,5,17,19-20H2,1-4H3,(H,32,37)/t21-,27+/m0/s1. The van der Waals surface area contributed by atoms with E-state index in [2.05, 4.69) is 21.2 Å². The van der Waals surface area contributed by atoms with Gasteiger partial charge in [-0.15, -0.1) is 0 Å². The van der Waals surface area contributed by atoms with Crippen molar-refractivity contribution in [1.29, 1.82) is 0 Å². The van der Waals surface area contributed by atoms with E-state index in [-0.39, 0.29) is 42.0 Å². The number of hydrogen-bond donors (Lipinski definition) is 1. The molecular formula is C30H35BrN4O7S. The van der Waals surface area contributed by atoms with E-state index >= 15 is 0 Å². The molecule has 0 aliphatic rings. The van der Waals surface area contributed by atoms with E-state index in [9.17, 15) is 28.1 Å². The average molecular weight is 676 g/mol. The van der Waals surface area contributed by atoms with Crippen LogP contribution in [-0.4, -0.2) is 62.0 Å². The summed E-state index contributed by atoms with van der Waals surface area (Å²) in [6, 6.07) is 18.8. The van der Waals surface area contributed by atoms with Gasteiger partial charge in [0.15, 0.2) is 0 Å². The van der Waals surface area contributed by atoms with Crippen molar-refractivity contribution in [3.8, 4) is 5.75 Å². The van der Waals surface area contributed by atoms with Crippen LogP contribution in [0.2, 0.25) is 0 Å². The molecule has 0 aliphatic heterocycles. The summed E-state index contributed by atoms with van der Waals surface area (Å²) in [6.07, 6.45) is 1.73. The normalized spacial score (nSPS) is 12.6. The molecule has 1 N–H and O–H groups in total. The predicted molar refractivity (Wildman–Crippen MR) is 168 cm³/mol. The van der Waals surface area contributed by atoms with E-state index in [1.807, 2.05) is 56.3 Å². The Morgan fingerprint density at radius 1 is 1.05 bits per heavy atom. The lowest BCUT2D eigenvalue weighted by Gasteiger charge is -2.34. The fraction of sp³-hybridized carbons (Fsp3) is 0.333. The number of nitrogens with zero attached hydrogens (tertiary/aromatic N) is 3. The van der Waals surface area contributed by atoms with Gasteiger partial charge in [-0.25, -0.2) is 8.42 Å². The highest BCUT2D eigenvalue weighted by molar-refractivity contribution is 9.10. The number of non-ortho nitro benzene ring substituents is 1. The van der Waals surface area contributed by atoms with Gasteiger partial charge in [0.1, 0.15) is 24.0 Å². The molecule has 0 radical (unpaired) electrons. The lowest BCUT2D eigenvalue weighted by Crippen LogP contribution is -2.54. The monoisotopic (exact) mass is 674 g/mol. The van der Waals surface area contributed by atoms with Crippen LogP contribution in [-0.2, 0) is 32.6 Å². The van der Waals surface area contributed by atoms with Gasteiger partial charge < -0.3 is 15.0 Å². The van der Waals surface area contributed by atoms with Crippen molar-refractivity contribution in [3.05, 3.63) is 98.5 Å². The molecule has 230 valence electrons. The van der Waals surface area contributed by atoms with Crippen molar-refractivity contribution in [2.24, 2.45) is 0 Å². The Morgan fingerprint density at radius 3 is 2.30 bits per heavy atom. The van der Waals surface area contributed by atoms with Crippen LogP contribution in [0.3, 0.4) is 0 Å². The summed E-state index contributed by atoms with van der Waals surface area (Å²) >= 11 is 3.44. The molecule has 0 fully saturated rings. The van der Waals surface area contributed by atoms with Gasteiger partial charge in [-0.1, -0.05) is 65.3 Å². The summed E-state index contributed by atoms with van der Waals surface area (Å²) in [6.45, 7) is 3.05. The number of nitro groups is 1. The number of ether oxygens (including phenoxy) is 1. The van der Waals surface area contributed by atoms with E-state index in [0.29, 0.717) is 12.0 Å². The molecule has 13 heteroatoms. The largest absolute Gasteiger partial charge is 0.495 e. The van der Waals surface area contributed by atoms with Crippen LogP contribution in [0.25, 0.3) is 0 Å². The van der Waals surface area contributed by atoms with E-state index < -0.39 is 33.4 Å². The van der Waals surface area contributed by atoms with Crippen LogP contribution in [0.1, 0.15) is 31.4 Å². The van der Waals surface area contributed by atoms with Gasteiger partial charge in [-0.3, -0.25) is 24.0 Å². The van der Waals surface area contributed by atoms with Crippen molar-refractivity contribution >= 4 is 49.1 Å². The molecule has 0 unspecified atom stereocenters. The van der Waals surface area contributed by atoms with Gasteiger partial charge in [0, 0.05) is 35.6 Å². The van der Waals surface area contributed by atoms with E-state index in [1.54, 1.807) is 12.1 Å². The van der Waals surface area contributed by atoms with Crippen molar-refractivity contribution in [2.75, 3.05) is 24.2 Å². The van der Waals surface area contributed by atoms with Gasteiger partial charge in [0.05, 0.1) is 18.3 Å². The Labute approximate surface area is 260 Å². The number of halogens is 1. The number of nitrogens with one attached hydrogen (secondary N) is 1. The van der Waals surface area contributed by atoms with Gasteiger partial charge in [-0.05, 0) is 42.7 Å². The van der Waals surface area contributed by atoms with Crippen molar-refractivity contribution in [2.45, 2.75) is 45.3 Å². The highest BCUT2D eigenvalue weighted by Gasteiger charge is 2.34. The molecule has 0 spiro atoms. The number of rotatable bonds is 14. The Morgan fingerprint density at radius 2 is 1.72 bits per heavy atom. The zero-order chi connectivity index (χ0) is 31.7. The summed E-state index contributed by atoms with van der Waals surface area (Å²) in [5.74, 6) is -1.04. The maximum Gasteiger partial charge on any atom is 0.271 e. The first-order valence-corrected chi connectivity index (χ1v) is 16.2. The fourth-order valence-corrected chi connectivity index (χ4v) is 5.70. The van der Waals surface area contributed by atoms with Gasteiger partial charge in [-0.2, -0.15) is 0 Å². The van der Waals surface area contributed by atoms with Crippen LogP contribution in [0, 0.1) is 10.1 Å². The number of hydrogen-bond acceptors (Lipinski definition) is 7. The number of amides is 2. The minimum atomic E-state index is -4.15. The molecule has 2 amide bonds. The smallest absolute Gasteiger partial charge is 0.271 e. The second-order valence-electron chi connectivity index (χ2n) is 10.1. The highest BCUT2D eigenvalue weighted by Crippen LogP contribution is 2.34. The third-order valence-corrected chi connectivity index (χ3v) is 8.45. The maximum atomic E-state index is 14.2. The molecule has 0 aromatic heterocycles. The summed E-state index contributed by atoms with van der Waals surface area (Å²) in [5.41, 5.74) is 0.964. The first-order valence-electron chi connectivity index (χ1n) is 13.5. The molecule has 3 aromatic rings. The molecule has 0 heterocycles. The average Bonchev–Trinajstić information content (AvgIpc) is 2.97. The summed E-state index contributed by atoms with van der Waals surface area (Å²) in [5, 5.41) is 14.5. The number of carbonyl (C=O) groups is 2.